The molecule has 1 aliphatic heterocycles. The van der Waals surface area contributed by atoms with E-state index in [1.807, 2.05) is 0 Å². The lowest BCUT2D eigenvalue weighted by molar-refractivity contribution is -0.200. The Morgan fingerprint density at radius 3 is 1.16 bits per heavy atom. The van der Waals surface area contributed by atoms with E-state index in [2.05, 4.69) is 4.84 Å². The van der Waals surface area contributed by atoms with Crippen molar-refractivity contribution in [3.05, 3.63) is 0 Å². The smallest absolute Gasteiger partial charge is 0.358 e. The average molecular weight is 540 g/mol. The van der Waals surface area contributed by atoms with Crippen LogP contribution in [0, 0.1) is 0 Å². The number of nitrogens with zero attached hydrogens (tertiary/aromatic N) is 1. The van der Waals surface area contributed by atoms with Gasteiger partial charge in [-0.1, -0.05) is 0 Å². The zero-order chi connectivity index (χ0) is 26.8. The van der Waals surface area contributed by atoms with Crippen molar-refractivity contribution in [3.63, 3.8) is 0 Å². The van der Waals surface area contributed by atoms with Gasteiger partial charge >= 0.3 is 5.97 Å². The summed E-state index contributed by atoms with van der Waals surface area (Å²) in [6, 6.07) is 0. The number of hydrogen-bond donors (Lipinski definition) is 0. The van der Waals surface area contributed by atoms with Crippen LogP contribution in [-0.2, 0) is 61.9 Å². The third-order valence-electron chi connectivity index (χ3n) is 4.45. The van der Waals surface area contributed by atoms with Crippen LogP contribution < -0.4 is 0 Å². The summed E-state index contributed by atoms with van der Waals surface area (Å²) in [7, 11) is 1.63. The maximum absolute atomic E-state index is 11.5. The molecule has 1 aliphatic rings. The minimum Gasteiger partial charge on any atom is -0.382 e. The van der Waals surface area contributed by atoms with E-state index in [1.54, 1.807) is 7.11 Å². The van der Waals surface area contributed by atoms with Crippen molar-refractivity contribution in [1.82, 2.24) is 5.06 Å². The van der Waals surface area contributed by atoms with E-state index in [1.165, 1.54) is 0 Å². The first-order valence-electron chi connectivity index (χ1n) is 12.3. The summed E-state index contributed by atoms with van der Waals surface area (Å²) < 4.78 is 47.5. The number of carbonyl (C=O) groups is 3. The largest absolute Gasteiger partial charge is 0.382 e. The molecule has 0 spiro atoms. The molecule has 14 nitrogen and oxygen atoms in total. The number of ether oxygens (including phenoxy) is 9. The highest BCUT2D eigenvalue weighted by atomic mass is 16.7. The Balaban J connectivity index is 1.69. The quantitative estimate of drug-likeness (QED) is 0.0965. The summed E-state index contributed by atoms with van der Waals surface area (Å²) in [6.45, 7) is 6.81. The van der Waals surface area contributed by atoms with Crippen LogP contribution in [0.15, 0.2) is 0 Å². The maximum Gasteiger partial charge on any atom is 0.358 e. The van der Waals surface area contributed by atoms with Crippen molar-refractivity contribution >= 4 is 17.8 Å². The molecule has 0 aromatic heterocycles. The van der Waals surface area contributed by atoms with Crippen LogP contribution >= 0.6 is 0 Å². The summed E-state index contributed by atoms with van der Waals surface area (Å²) >= 11 is 0. The third-order valence-corrected chi connectivity index (χ3v) is 4.45. The molecule has 0 aromatic rings. The first-order chi connectivity index (χ1) is 18.1. The summed E-state index contributed by atoms with van der Waals surface area (Å²) in [5.41, 5.74) is 0. The van der Waals surface area contributed by atoms with Crippen molar-refractivity contribution in [2.45, 2.75) is 12.8 Å². The van der Waals surface area contributed by atoms with Crippen molar-refractivity contribution in [2.24, 2.45) is 0 Å². The van der Waals surface area contributed by atoms with Gasteiger partial charge in [-0.3, -0.25) is 9.59 Å². The molecule has 1 heterocycles. The predicted molar refractivity (Wildman–Crippen MR) is 126 cm³/mol. The predicted octanol–water partition coefficient (Wildman–Crippen LogP) is -0.627. The van der Waals surface area contributed by atoms with Crippen molar-refractivity contribution in [3.8, 4) is 0 Å². The van der Waals surface area contributed by atoms with Crippen LogP contribution in [-0.4, -0.2) is 142 Å². The topological polar surface area (TPSA) is 147 Å². The van der Waals surface area contributed by atoms with Crippen LogP contribution in [0.5, 0.6) is 0 Å². The van der Waals surface area contributed by atoms with Crippen LogP contribution in [0.3, 0.4) is 0 Å². The number of amides is 2. The maximum atomic E-state index is 11.5. The summed E-state index contributed by atoms with van der Waals surface area (Å²) in [4.78, 5) is 38.9. The molecule has 0 aliphatic carbocycles. The Bertz CT molecular complexity index is 577. The lowest BCUT2D eigenvalue weighted by Crippen LogP contribution is -2.33. The molecular weight excluding hydrogens is 498 g/mol. The minimum absolute atomic E-state index is 0.0465. The minimum atomic E-state index is -0.817. The van der Waals surface area contributed by atoms with Gasteiger partial charge in [0.05, 0.1) is 106 Å². The summed E-state index contributed by atoms with van der Waals surface area (Å²) in [5.74, 6) is -1.88. The molecule has 14 heteroatoms. The second kappa shape index (κ2) is 24.6. The molecule has 0 radical (unpaired) electrons. The Hall–Kier alpha value is -1.75. The third kappa shape index (κ3) is 20.0. The molecular formula is C23H41NO13. The number of hydrogen-bond acceptors (Lipinski definition) is 13. The second-order valence-electron chi connectivity index (χ2n) is 7.38. The first-order valence-corrected chi connectivity index (χ1v) is 12.3. The van der Waals surface area contributed by atoms with E-state index >= 15 is 0 Å². The van der Waals surface area contributed by atoms with Gasteiger partial charge in [-0.2, -0.15) is 0 Å². The van der Waals surface area contributed by atoms with Crippen LogP contribution in [0.25, 0.3) is 0 Å². The van der Waals surface area contributed by atoms with Gasteiger partial charge in [0.1, 0.15) is 6.61 Å². The number of imide groups is 1. The van der Waals surface area contributed by atoms with Gasteiger partial charge < -0.3 is 47.5 Å². The van der Waals surface area contributed by atoms with Crippen LogP contribution in [0.1, 0.15) is 12.8 Å². The highest BCUT2D eigenvalue weighted by Crippen LogP contribution is 2.11. The fraction of sp³-hybridized carbons (Fsp3) is 0.870. The Morgan fingerprint density at radius 2 is 0.838 bits per heavy atom. The highest BCUT2D eigenvalue weighted by molar-refractivity contribution is 6.01. The molecule has 2 amide bonds. The first kappa shape index (κ1) is 33.3. The molecule has 0 saturated carbocycles. The molecule has 1 fully saturated rings. The van der Waals surface area contributed by atoms with E-state index in [4.69, 9.17) is 42.6 Å². The standard InChI is InChI=1S/C23H41NO13/c1-28-4-5-29-6-7-30-8-9-31-10-11-32-12-13-33-14-15-34-16-17-35-18-19-36-20-23(27)37-24-21(25)2-3-22(24)26/h2-20H2,1H3. The van der Waals surface area contributed by atoms with Gasteiger partial charge in [-0.15, -0.1) is 5.06 Å². The lowest BCUT2D eigenvalue weighted by atomic mass is 10.4. The Kier molecular flexibility index (Phi) is 22.1. The van der Waals surface area contributed by atoms with Crippen molar-refractivity contribution < 1.29 is 61.9 Å². The SMILES string of the molecule is COCCOCCOCCOCCOCCOCCOCCOCCOCC(=O)ON1C(=O)CCC1=O. The van der Waals surface area contributed by atoms with Gasteiger partial charge in [0, 0.05) is 20.0 Å². The fourth-order valence-electron chi connectivity index (χ4n) is 2.62. The molecule has 0 atom stereocenters. The Labute approximate surface area is 217 Å². The number of rotatable bonds is 27. The molecule has 0 N–H and O–H groups in total. The Morgan fingerprint density at radius 1 is 0.541 bits per heavy atom. The molecule has 216 valence electrons. The van der Waals surface area contributed by atoms with E-state index in [-0.39, 0.29) is 32.7 Å². The zero-order valence-corrected chi connectivity index (χ0v) is 21.7. The highest BCUT2D eigenvalue weighted by Gasteiger charge is 2.32. The second-order valence-corrected chi connectivity index (χ2v) is 7.38. The lowest BCUT2D eigenvalue weighted by Gasteiger charge is -2.12. The van der Waals surface area contributed by atoms with Gasteiger partial charge in [-0.05, 0) is 0 Å². The van der Waals surface area contributed by atoms with Crippen LogP contribution in [0.2, 0.25) is 0 Å². The average Bonchev–Trinajstić information content (AvgIpc) is 3.20. The summed E-state index contributed by atoms with van der Waals surface area (Å²) in [5, 5.41) is 0.482. The van der Waals surface area contributed by atoms with E-state index in [9.17, 15) is 14.4 Å². The van der Waals surface area contributed by atoms with Crippen molar-refractivity contribution in [1.29, 1.82) is 0 Å². The summed E-state index contributed by atoms with van der Waals surface area (Å²) in [6.07, 6.45) is 0.0930. The molecule has 37 heavy (non-hydrogen) atoms. The van der Waals surface area contributed by atoms with Gasteiger partial charge in [0.2, 0.25) is 0 Å². The van der Waals surface area contributed by atoms with E-state index in [0.717, 1.165) is 0 Å². The van der Waals surface area contributed by atoms with Gasteiger partial charge in [0.15, 0.2) is 0 Å². The normalized spacial score (nSPS) is 13.6. The fourth-order valence-corrected chi connectivity index (χ4v) is 2.62. The van der Waals surface area contributed by atoms with Gasteiger partial charge in [-0.25, -0.2) is 4.79 Å². The molecule has 0 aromatic carbocycles. The van der Waals surface area contributed by atoms with Crippen LogP contribution in [0.4, 0.5) is 0 Å². The van der Waals surface area contributed by atoms with E-state index in [0.29, 0.717) is 97.6 Å². The van der Waals surface area contributed by atoms with Crippen molar-refractivity contribution in [2.75, 3.05) is 119 Å². The molecule has 1 rings (SSSR count). The molecule has 0 unspecified atom stereocenters. The number of hydroxylamine groups is 2. The monoisotopic (exact) mass is 539 g/mol. The molecule has 0 bridgehead atoms. The van der Waals surface area contributed by atoms with Gasteiger partial charge in [0.25, 0.3) is 11.8 Å². The zero-order valence-electron chi connectivity index (χ0n) is 21.7. The number of methoxy groups -OCH3 is 1. The van der Waals surface area contributed by atoms with E-state index < -0.39 is 17.8 Å². The number of carbonyl (C=O) groups excluding carboxylic acids is 3. The molecule has 1 saturated heterocycles.